The maximum absolute atomic E-state index is 5.11. The smallest absolute Gasteiger partial charge is 0.128 e. The highest BCUT2D eigenvalue weighted by molar-refractivity contribution is 5.48. The molecule has 0 aliphatic rings. The second-order valence-electron chi connectivity index (χ2n) is 2.86. The Morgan fingerprint density at radius 2 is 2.31 bits per heavy atom. The first-order chi connectivity index (χ1) is 6.24. The lowest BCUT2D eigenvalue weighted by molar-refractivity contribution is 1.07. The van der Waals surface area contributed by atoms with Crippen molar-refractivity contribution in [3.63, 3.8) is 0 Å². The zero-order valence-electron chi connectivity index (χ0n) is 7.91. The van der Waals surface area contributed by atoms with Crippen LogP contribution in [0.5, 0.6) is 0 Å². The van der Waals surface area contributed by atoms with Gasteiger partial charge in [0, 0.05) is 14.1 Å². The number of rotatable bonds is 3. The van der Waals surface area contributed by atoms with Gasteiger partial charge in [0.1, 0.15) is 5.82 Å². The van der Waals surface area contributed by atoms with Crippen molar-refractivity contribution < 1.29 is 0 Å². The maximum atomic E-state index is 5.11. The number of anilines is 2. The molecule has 0 saturated heterocycles. The zero-order chi connectivity index (χ0) is 9.68. The summed E-state index contributed by atoms with van der Waals surface area (Å²) in [5, 5.41) is 3.04. The Morgan fingerprint density at radius 1 is 1.54 bits per heavy atom. The second-order valence-corrected chi connectivity index (χ2v) is 2.86. The fourth-order valence-corrected chi connectivity index (χ4v) is 0.908. The van der Waals surface area contributed by atoms with Crippen LogP contribution in [0, 0.1) is 12.3 Å². The van der Waals surface area contributed by atoms with Crippen LogP contribution in [-0.4, -0.2) is 25.6 Å². The average molecular weight is 175 g/mol. The van der Waals surface area contributed by atoms with Crippen LogP contribution >= 0.6 is 0 Å². The summed E-state index contributed by atoms with van der Waals surface area (Å²) in [5.41, 5.74) is 0.948. The van der Waals surface area contributed by atoms with Gasteiger partial charge in [-0.2, -0.15) is 0 Å². The quantitative estimate of drug-likeness (QED) is 0.699. The van der Waals surface area contributed by atoms with E-state index in [0.29, 0.717) is 6.54 Å². The Morgan fingerprint density at radius 3 is 2.77 bits per heavy atom. The molecule has 0 aromatic carbocycles. The van der Waals surface area contributed by atoms with Gasteiger partial charge < -0.3 is 10.2 Å². The van der Waals surface area contributed by atoms with Gasteiger partial charge in [-0.05, 0) is 12.1 Å². The van der Waals surface area contributed by atoms with E-state index in [9.17, 15) is 0 Å². The van der Waals surface area contributed by atoms with E-state index >= 15 is 0 Å². The summed E-state index contributed by atoms with van der Waals surface area (Å²) in [6.45, 7) is 0.531. The van der Waals surface area contributed by atoms with Crippen molar-refractivity contribution in [3.8, 4) is 12.3 Å². The Bertz CT molecular complexity index is 295. The Kier molecular flexibility index (Phi) is 3.15. The van der Waals surface area contributed by atoms with E-state index in [1.165, 1.54) is 0 Å². The first-order valence-corrected chi connectivity index (χ1v) is 4.04. The molecule has 0 saturated carbocycles. The molecule has 0 atom stereocenters. The van der Waals surface area contributed by atoms with Crippen LogP contribution < -0.4 is 10.2 Å². The average Bonchev–Trinajstić information content (AvgIpc) is 2.15. The van der Waals surface area contributed by atoms with Gasteiger partial charge in [-0.1, -0.05) is 5.92 Å². The van der Waals surface area contributed by atoms with Gasteiger partial charge in [-0.15, -0.1) is 6.42 Å². The Hall–Kier alpha value is -1.69. The second kappa shape index (κ2) is 4.36. The minimum absolute atomic E-state index is 0.531. The van der Waals surface area contributed by atoms with Crippen LogP contribution in [0.3, 0.4) is 0 Å². The van der Waals surface area contributed by atoms with Crippen molar-refractivity contribution in [1.29, 1.82) is 0 Å². The molecule has 0 aliphatic heterocycles. The van der Waals surface area contributed by atoms with E-state index in [4.69, 9.17) is 6.42 Å². The molecule has 0 aliphatic carbocycles. The Balaban J connectivity index is 2.65. The third-order valence-electron chi connectivity index (χ3n) is 1.60. The molecular formula is C10H13N3. The van der Waals surface area contributed by atoms with E-state index in [2.05, 4.69) is 16.2 Å². The third-order valence-corrected chi connectivity index (χ3v) is 1.60. The minimum atomic E-state index is 0.531. The molecule has 3 nitrogen and oxygen atoms in total. The van der Waals surface area contributed by atoms with Crippen molar-refractivity contribution in [1.82, 2.24) is 4.98 Å². The van der Waals surface area contributed by atoms with Crippen LogP contribution in [-0.2, 0) is 0 Å². The van der Waals surface area contributed by atoms with Crippen molar-refractivity contribution in [3.05, 3.63) is 18.3 Å². The predicted molar refractivity (Wildman–Crippen MR) is 55.9 cm³/mol. The summed E-state index contributed by atoms with van der Waals surface area (Å²) in [6, 6.07) is 3.90. The lowest BCUT2D eigenvalue weighted by Crippen LogP contribution is -2.10. The maximum Gasteiger partial charge on any atom is 0.128 e. The third kappa shape index (κ3) is 2.68. The predicted octanol–water partition coefficient (Wildman–Crippen LogP) is 1.19. The van der Waals surface area contributed by atoms with Crippen molar-refractivity contribution in [2.75, 3.05) is 30.9 Å². The molecule has 1 rings (SSSR count). The summed E-state index contributed by atoms with van der Waals surface area (Å²) in [6.07, 6.45) is 6.88. The van der Waals surface area contributed by atoms with Gasteiger partial charge in [-0.3, -0.25) is 0 Å². The monoisotopic (exact) mass is 175 g/mol. The molecule has 13 heavy (non-hydrogen) atoms. The molecule has 0 radical (unpaired) electrons. The molecule has 0 amide bonds. The lowest BCUT2D eigenvalue weighted by atomic mass is 10.4. The summed E-state index contributed by atoms with van der Waals surface area (Å²) in [7, 11) is 3.91. The van der Waals surface area contributed by atoms with Crippen LogP contribution in [0.2, 0.25) is 0 Å². The number of hydrogen-bond donors (Lipinski definition) is 1. The van der Waals surface area contributed by atoms with Crippen LogP contribution in [0.4, 0.5) is 11.5 Å². The van der Waals surface area contributed by atoms with Gasteiger partial charge in [-0.25, -0.2) is 4.98 Å². The number of terminal acetylenes is 1. The van der Waals surface area contributed by atoms with Gasteiger partial charge in [0.25, 0.3) is 0 Å². The molecule has 1 N–H and O–H groups in total. The molecule has 0 spiro atoms. The van der Waals surface area contributed by atoms with Gasteiger partial charge in [0.2, 0.25) is 0 Å². The number of pyridine rings is 1. The summed E-state index contributed by atoms with van der Waals surface area (Å²) < 4.78 is 0. The first kappa shape index (κ1) is 9.40. The lowest BCUT2D eigenvalue weighted by Gasteiger charge is -2.11. The number of hydrogen-bond acceptors (Lipinski definition) is 3. The highest BCUT2D eigenvalue weighted by atomic mass is 15.1. The van der Waals surface area contributed by atoms with Gasteiger partial charge >= 0.3 is 0 Å². The van der Waals surface area contributed by atoms with Gasteiger partial charge in [0.15, 0.2) is 0 Å². The van der Waals surface area contributed by atoms with Crippen LogP contribution in [0.1, 0.15) is 0 Å². The topological polar surface area (TPSA) is 28.2 Å². The highest BCUT2D eigenvalue weighted by Gasteiger charge is 1.95. The van der Waals surface area contributed by atoms with Crippen molar-refractivity contribution in [2.45, 2.75) is 0 Å². The molecule has 68 valence electrons. The van der Waals surface area contributed by atoms with Crippen molar-refractivity contribution in [2.24, 2.45) is 0 Å². The first-order valence-electron chi connectivity index (χ1n) is 4.04. The molecule has 0 bridgehead atoms. The summed E-state index contributed by atoms with van der Waals surface area (Å²) >= 11 is 0. The SMILES string of the molecule is C#CCNc1ccc(N(C)C)nc1. The molecule has 1 aromatic rings. The number of nitrogens with zero attached hydrogens (tertiary/aromatic N) is 2. The number of aromatic nitrogens is 1. The van der Waals surface area contributed by atoms with E-state index < -0.39 is 0 Å². The molecule has 1 heterocycles. The molecule has 1 aromatic heterocycles. The van der Waals surface area contributed by atoms with E-state index in [1.807, 2.05) is 31.1 Å². The summed E-state index contributed by atoms with van der Waals surface area (Å²) in [4.78, 5) is 6.18. The van der Waals surface area contributed by atoms with Crippen LogP contribution in [0.25, 0.3) is 0 Å². The number of nitrogens with one attached hydrogen (secondary N) is 1. The molecule has 0 unspecified atom stereocenters. The Labute approximate surface area is 78.8 Å². The van der Waals surface area contributed by atoms with Crippen LogP contribution in [0.15, 0.2) is 18.3 Å². The van der Waals surface area contributed by atoms with Gasteiger partial charge in [0.05, 0.1) is 18.4 Å². The van der Waals surface area contributed by atoms with E-state index in [-0.39, 0.29) is 0 Å². The fourth-order valence-electron chi connectivity index (χ4n) is 0.908. The highest BCUT2D eigenvalue weighted by Crippen LogP contribution is 2.10. The molecule has 3 heteroatoms. The molecule has 0 fully saturated rings. The minimum Gasteiger partial charge on any atom is -0.373 e. The van der Waals surface area contributed by atoms with E-state index in [0.717, 1.165) is 11.5 Å². The molecular weight excluding hydrogens is 162 g/mol. The fraction of sp³-hybridized carbons (Fsp3) is 0.300. The summed E-state index contributed by atoms with van der Waals surface area (Å²) in [5.74, 6) is 3.44. The standard InChI is InChI=1S/C10H13N3/c1-4-7-11-9-5-6-10(12-8-9)13(2)3/h1,5-6,8,11H,7H2,2-3H3. The normalized spacial score (nSPS) is 9.00. The van der Waals surface area contributed by atoms with E-state index in [1.54, 1.807) is 6.20 Å². The largest absolute Gasteiger partial charge is 0.373 e. The van der Waals surface area contributed by atoms with Crippen molar-refractivity contribution >= 4 is 11.5 Å². The zero-order valence-corrected chi connectivity index (χ0v) is 7.91.